The Morgan fingerprint density at radius 1 is 1.27 bits per heavy atom. The molecule has 1 aliphatic carbocycles. The molecule has 0 radical (unpaired) electrons. The Bertz CT molecular complexity index is 645. The number of sulfonamides is 1. The van der Waals surface area contributed by atoms with Crippen molar-refractivity contribution >= 4 is 10.0 Å². The molecular formula is C13H15F4NO3S. The van der Waals surface area contributed by atoms with Gasteiger partial charge in [0.2, 0.25) is 10.0 Å². The molecule has 0 bridgehead atoms. The quantitative estimate of drug-likeness (QED) is 0.826. The summed E-state index contributed by atoms with van der Waals surface area (Å²) in [7, 11) is -4.45. The van der Waals surface area contributed by atoms with Crippen LogP contribution in [0.2, 0.25) is 0 Å². The summed E-state index contributed by atoms with van der Waals surface area (Å²) in [5, 5.41) is 9.61. The smallest absolute Gasteiger partial charge is 0.393 e. The molecule has 4 nitrogen and oxygen atoms in total. The molecule has 0 spiro atoms. The summed E-state index contributed by atoms with van der Waals surface area (Å²) in [4.78, 5) is -1.02. The molecule has 2 unspecified atom stereocenters. The third-order valence-electron chi connectivity index (χ3n) is 3.69. The van der Waals surface area contributed by atoms with Crippen LogP contribution in [0.25, 0.3) is 0 Å². The van der Waals surface area contributed by atoms with E-state index in [4.69, 9.17) is 0 Å². The maximum absolute atomic E-state index is 13.0. The topological polar surface area (TPSA) is 66.4 Å². The van der Waals surface area contributed by atoms with E-state index in [1.54, 1.807) is 0 Å². The molecule has 1 aromatic carbocycles. The van der Waals surface area contributed by atoms with E-state index in [1.165, 1.54) is 0 Å². The van der Waals surface area contributed by atoms with E-state index in [0.717, 1.165) is 6.42 Å². The Kier molecular flexibility index (Phi) is 4.78. The molecule has 1 aromatic rings. The number of aliphatic hydroxyl groups excluding tert-OH is 1. The standard InChI is InChI=1S/C13H15F4NO3S/c14-9-4-5-12(10(6-9)13(15,16)17)22(20,21)18-7-8-2-1-3-11(8)19/h4-6,8,11,18-19H,1-3,7H2. The second-order valence-corrected chi connectivity index (χ2v) is 6.98. The first kappa shape index (κ1) is 17.2. The third kappa shape index (κ3) is 3.76. The van der Waals surface area contributed by atoms with Gasteiger partial charge < -0.3 is 5.11 Å². The van der Waals surface area contributed by atoms with Gasteiger partial charge in [0.15, 0.2) is 0 Å². The number of rotatable bonds is 4. The maximum Gasteiger partial charge on any atom is 0.417 e. The molecule has 2 N–H and O–H groups in total. The summed E-state index contributed by atoms with van der Waals surface area (Å²) in [6.45, 7) is -0.155. The number of aliphatic hydroxyl groups is 1. The summed E-state index contributed by atoms with van der Waals surface area (Å²) in [5.41, 5.74) is -1.55. The Labute approximate surface area is 125 Å². The van der Waals surface area contributed by atoms with E-state index < -0.39 is 38.6 Å². The van der Waals surface area contributed by atoms with Crippen LogP contribution in [0.4, 0.5) is 17.6 Å². The van der Waals surface area contributed by atoms with Gasteiger partial charge in [0, 0.05) is 6.54 Å². The van der Waals surface area contributed by atoms with Crippen molar-refractivity contribution in [2.45, 2.75) is 36.4 Å². The van der Waals surface area contributed by atoms with Crippen LogP contribution in [-0.4, -0.2) is 26.2 Å². The minimum atomic E-state index is -4.99. The van der Waals surface area contributed by atoms with Gasteiger partial charge in [-0.15, -0.1) is 0 Å². The highest BCUT2D eigenvalue weighted by molar-refractivity contribution is 7.89. The van der Waals surface area contributed by atoms with Crippen molar-refractivity contribution in [3.63, 3.8) is 0 Å². The minimum Gasteiger partial charge on any atom is -0.393 e. The Balaban J connectivity index is 2.26. The van der Waals surface area contributed by atoms with Crippen LogP contribution in [0.3, 0.4) is 0 Å². The number of benzene rings is 1. The highest BCUT2D eigenvalue weighted by Gasteiger charge is 2.38. The molecule has 9 heteroatoms. The predicted octanol–water partition coefficient (Wildman–Crippen LogP) is 2.28. The molecule has 2 atom stereocenters. The first-order valence-electron chi connectivity index (χ1n) is 6.66. The zero-order chi connectivity index (χ0) is 16.5. The van der Waals surface area contributed by atoms with E-state index in [1.807, 2.05) is 0 Å². The van der Waals surface area contributed by atoms with Gasteiger partial charge in [-0.2, -0.15) is 13.2 Å². The van der Waals surface area contributed by atoms with Gasteiger partial charge in [0.05, 0.1) is 16.6 Å². The van der Waals surface area contributed by atoms with E-state index >= 15 is 0 Å². The Hall–Kier alpha value is -1.19. The fourth-order valence-electron chi connectivity index (χ4n) is 2.51. The monoisotopic (exact) mass is 341 g/mol. The van der Waals surface area contributed by atoms with Crippen LogP contribution in [-0.2, 0) is 16.2 Å². The van der Waals surface area contributed by atoms with E-state index in [-0.39, 0.29) is 18.5 Å². The average molecular weight is 341 g/mol. The normalized spacial score (nSPS) is 23.0. The second-order valence-electron chi connectivity index (χ2n) is 5.25. The Morgan fingerprint density at radius 2 is 1.95 bits per heavy atom. The first-order valence-corrected chi connectivity index (χ1v) is 8.14. The van der Waals surface area contributed by atoms with Crippen molar-refractivity contribution in [1.29, 1.82) is 0 Å². The number of nitrogens with one attached hydrogen (secondary N) is 1. The van der Waals surface area contributed by atoms with Crippen LogP contribution >= 0.6 is 0 Å². The van der Waals surface area contributed by atoms with Crippen molar-refractivity contribution in [3.8, 4) is 0 Å². The second kappa shape index (κ2) is 6.13. The molecule has 1 aliphatic rings. The minimum absolute atomic E-state index is 0.152. The van der Waals surface area contributed by atoms with Gasteiger partial charge in [-0.25, -0.2) is 17.5 Å². The van der Waals surface area contributed by atoms with Crippen LogP contribution in [0.15, 0.2) is 23.1 Å². The van der Waals surface area contributed by atoms with E-state index in [2.05, 4.69) is 4.72 Å². The van der Waals surface area contributed by atoms with Crippen LogP contribution in [0.5, 0.6) is 0 Å². The Morgan fingerprint density at radius 3 is 2.50 bits per heavy atom. The zero-order valence-electron chi connectivity index (χ0n) is 11.4. The van der Waals surface area contributed by atoms with Crippen LogP contribution < -0.4 is 4.72 Å². The van der Waals surface area contributed by atoms with E-state index in [9.17, 15) is 31.1 Å². The lowest BCUT2D eigenvalue weighted by Gasteiger charge is -2.17. The number of alkyl halides is 3. The highest BCUT2D eigenvalue weighted by atomic mass is 32.2. The molecule has 0 amide bonds. The van der Waals surface area contributed by atoms with Crippen molar-refractivity contribution in [3.05, 3.63) is 29.6 Å². The van der Waals surface area contributed by atoms with Gasteiger partial charge in [0.25, 0.3) is 0 Å². The van der Waals surface area contributed by atoms with Gasteiger partial charge in [0.1, 0.15) is 5.82 Å². The van der Waals surface area contributed by atoms with Crippen molar-refractivity contribution in [2.75, 3.05) is 6.54 Å². The van der Waals surface area contributed by atoms with Gasteiger partial charge in [-0.1, -0.05) is 6.42 Å². The molecule has 0 saturated heterocycles. The van der Waals surface area contributed by atoms with Crippen molar-refractivity contribution < 1.29 is 31.1 Å². The summed E-state index contributed by atoms with van der Waals surface area (Å²) >= 11 is 0. The molecule has 1 fully saturated rings. The lowest BCUT2D eigenvalue weighted by molar-refractivity contribution is -0.140. The van der Waals surface area contributed by atoms with Gasteiger partial charge in [-0.05, 0) is 37.0 Å². The van der Waals surface area contributed by atoms with Gasteiger partial charge >= 0.3 is 6.18 Å². The average Bonchev–Trinajstić information content (AvgIpc) is 2.81. The molecule has 1 saturated carbocycles. The zero-order valence-corrected chi connectivity index (χ0v) is 12.2. The SMILES string of the molecule is O=S(=O)(NCC1CCCC1O)c1ccc(F)cc1C(F)(F)F. The molecule has 2 rings (SSSR count). The van der Waals surface area contributed by atoms with Gasteiger partial charge in [-0.3, -0.25) is 0 Å². The van der Waals surface area contributed by atoms with Crippen LogP contribution in [0.1, 0.15) is 24.8 Å². The number of halogens is 4. The summed E-state index contributed by atoms with van der Waals surface area (Å²) in [6, 6.07) is 1.40. The first-order chi connectivity index (χ1) is 10.1. The molecule has 22 heavy (non-hydrogen) atoms. The van der Waals surface area contributed by atoms with Crippen LogP contribution in [0, 0.1) is 11.7 Å². The summed E-state index contributed by atoms with van der Waals surface area (Å²) < 4.78 is 77.8. The number of hydrogen-bond donors (Lipinski definition) is 2. The molecule has 0 aliphatic heterocycles. The molecule has 124 valence electrons. The fraction of sp³-hybridized carbons (Fsp3) is 0.538. The molecule has 0 aromatic heterocycles. The fourth-order valence-corrected chi connectivity index (χ4v) is 3.81. The van der Waals surface area contributed by atoms with Crippen molar-refractivity contribution in [1.82, 2.24) is 4.72 Å². The lowest BCUT2D eigenvalue weighted by Crippen LogP contribution is -2.33. The maximum atomic E-state index is 13.0. The summed E-state index contributed by atoms with van der Waals surface area (Å²) in [6.07, 6.45) is -3.79. The van der Waals surface area contributed by atoms with Crippen molar-refractivity contribution in [2.24, 2.45) is 5.92 Å². The predicted molar refractivity (Wildman–Crippen MR) is 69.9 cm³/mol. The lowest BCUT2D eigenvalue weighted by atomic mass is 10.1. The largest absolute Gasteiger partial charge is 0.417 e. The third-order valence-corrected chi connectivity index (χ3v) is 5.17. The summed E-state index contributed by atoms with van der Waals surface area (Å²) in [5.74, 6) is -1.50. The highest BCUT2D eigenvalue weighted by Crippen LogP contribution is 2.34. The molecular weight excluding hydrogens is 326 g/mol. The molecule has 0 heterocycles. The van der Waals surface area contributed by atoms with E-state index in [0.29, 0.717) is 25.0 Å². The number of hydrogen-bond acceptors (Lipinski definition) is 3.